The van der Waals surface area contributed by atoms with E-state index in [-0.39, 0.29) is 11.3 Å². The third-order valence-electron chi connectivity index (χ3n) is 3.89. The van der Waals surface area contributed by atoms with E-state index >= 15 is 0 Å². The monoisotopic (exact) mass is 284 g/mol. The first-order valence-electron chi connectivity index (χ1n) is 6.75. The lowest BCUT2D eigenvalue weighted by molar-refractivity contribution is 0.0597. The molecule has 0 unspecified atom stereocenters. The van der Waals surface area contributed by atoms with Gasteiger partial charge in [0.15, 0.2) is 0 Å². The lowest BCUT2D eigenvalue weighted by Gasteiger charge is -2.21. The molecule has 0 heterocycles. The molecule has 0 radical (unpaired) electrons. The molecule has 3 rings (SSSR count). The molecule has 1 aliphatic carbocycles. The van der Waals surface area contributed by atoms with Crippen LogP contribution >= 0.6 is 0 Å². The number of hydrogen-bond donors (Lipinski definition) is 1. The van der Waals surface area contributed by atoms with Crippen LogP contribution in [-0.2, 0) is 17.6 Å². The summed E-state index contributed by atoms with van der Waals surface area (Å²) in [5.74, 6) is 0.262. The Kier molecular flexibility index (Phi) is 3.29. The number of esters is 1. The van der Waals surface area contributed by atoms with Crippen molar-refractivity contribution in [1.82, 2.24) is 0 Å². The molecule has 0 saturated heterocycles. The zero-order chi connectivity index (χ0) is 15.0. The Hall–Kier alpha value is -2.49. The van der Waals surface area contributed by atoms with Crippen LogP contribution in [0.25, 0.3) is 11.1 Å². The molecule has 2 aromatic carbocycles. The maximum absolute atomic E-state index is 11.7. The third kappa shape index (κ3) is 2.23. The molecule has 0 amide bonds. The topological polar surface area (TPSA) is 55.8 Å². The van der Waals surface area contributed by atoms with Gasteiger partial charge in [0.25, 0.3) is 0 Å². The molecule has 0 bridgehead atoms. The minimum Gasteiger partial charge on any atom is -0.507 e. The van der Waals surface area contributed by atoms with E-state index < -0.39 is 5.97 Å². The molecule has 0 aliphatic heterocycles. The van der Waals surface area contributed by atoms with E-state index in [1.807, 2.05) is 18.2 Å². The second-order valence-electron chi connectivity index (χ2n) is 5.04. The van der Waals surface area contributed by atoms with Gasteiger partial charge in [-0.3, -0.25) is 0 Å². The fraction of sp³-hybridized carbons (Fsp3) is 0.235. The number of phenols is 1. The van der Waals surface area contributed by atoms with Crippen molar-refractivity contribution in [3.8, 4) is 22.6 Å². The zero-order valence-corrected chi connectivity index (χ0v) is 12.0. The van der Waals surface area contributed by atoms with Crippen LogP contribution in [0.1, 0.15) is 21.5 Å². The van der Waals surface area contributed by atoms with Crippen molar-refractivity contribution < 1.29 is 19.4 Å². The van der Waals surface area contributed by atoms with Crippen LogP contribution in [0.3, 0.4) is 0 Å². The molecule has 4 heteroatoms. The Balaban J connectivity index is 2.16. The highest BCUT2D eigenvalue weighted by Gasteiger charge is 2.21. The van der Waals surface area contributed by atoms with Crippen LogP contribution in [0.4, 0.5) is 0 Å². The van der Waals surface area contributed by atoms with Crippen molar-refractivity contribution >= 4 is 5.97 Å². The minimum absolute atomic E-state index is 0.0300. The summed E-state index contributed by atoms with van der Waals surface area (Å²) in [5, 5.41) is 9.98. The predicted octanol–water partition coefficient (Wildman–Crippen LogP) is 2.95. The fourth-order valence-corrected chi connectivity index (χ4v) is 2.80. The van der Waals surface area contributed by atoms with Gasteiger partial charge in [0.05, 0.1) is 14.2 Å². The average Bonchev–Trinajstić information content (AvgIpc) is 2.52. The second kappa shape index (κ2) is 5.13. The predicted molar refractivity (Wildman–Crippen MR) is 78.8 cm³/mol. The summed E-state index contributed by atoms with van der Waals surface area (Å²) < 4.78 is 9.97. The van der Waals surface area contributed by atoms with Crippen LogP contribution in [0.2, 0.25) is 0 Å². The van der Waals surface area contributed by atoms with Crippen LogP contribution in [0.15, 0.2) is 30.3 Å². The van der Waals surface area contributed by atoms with Gasteiger partial charge in [0, 0.05) is 0 Å². The number of carbonyl (C=O) groups excluding carboxylic acids is 1. The quantitative estimate of drug-likeness (QED) is 0.861. The summed E-state index contributed by atoms with van der Waals surface area (Å²) in [5.41, 5.74) is 4.46. The molecule has 2 aromatic rings. The molecule has 21 heavy (non-hydrogen) atoms. The van der Waals surface area contributed by atoms with Gasteiger partial charge in [-0.1, -0.05) is 6.07 Å². The highest BCUT2D eigenvalue weighted by atomic mass is 16.5. The number of methoxy groups -OCH3 is 2. The first-order chi connectivity index (χ1) is 10.1. The Labute approximate surface area is 122 Å². The van der Waals surface area contributed by atoms with Crippen LogP contribution < -0.4 is 4.74 Å². The first-order valence-corrected chi connectivity index (χ1v) is 6.75. The number of fused-ring (bicyclic) bond motifs is 3. The van der Waals surface area contributed by atoms with E-state index in [2.05, 4.69) is 0 Å². The number of carbonyl (C=O) groups is 1. The average molecular weight is 284 g/mol. The standard InChI is InChI=1S/C17H16O4/c1-20-12-5-6-13-10(7-12)3-4-11-8-16(18)15(9-14(11)13)17(19)21-2/h5-9,18H,3-4H2,1-2H3. The van der Waals surface area contributed by atoms with Crippen molar-refractivity contribution in [3.63, 3.8) is 0 Å². The summed E-state index contributed by atoms with van der Waals surface area (Å²) in [6.45, 7) is 0. The number of ether oxygens (including phenoxy) is 2. The minimum atomic E-state index is -0.532. The molecule has 108 valence electrons. The molecule has 4 nitrogen and oxygen atoms in total. The van der Waals surface area contributed by atoms with E-state index in [1.54, 1.807) is 19.2 Å². The van der Waals surface area contributed by atoms with E-state index in [0.29, 0.717) is 0 Å². The van der Waals surface area contributed by atoms with Gasteiger partial charge >= 0.3 is 5.97 Å². The molecular formula is C17H16O4. The number of rotatable bonds is 2. The van der Waals surface area contributed by atoms with Crippen LogP contribution in [0.5, 0.6) is 11.5 Å². The Morgan fingerprint density at radius 1 is 1.05 bits per heavy atom. The molecule has 0 aromatic heterocycles. The highest BCUT2D eigenvalue weighted by molar-refractivity contribution is 5.95. The van der Waals surface area contributed by atoms with Gasteiger partial charge in [-0.2, -0.15) is 0 Å². The van der Waals surface area contributed by atoms with Crippen molar-refractivity contribution in [3.05, 3.63) is 47.0 Å². The van der Waals surface area contributed by atoms with Crippen molar-refractivity contribution in [2.75, 3.05) is 14.2 Å². The molecular weight excluding hydrogens is 268 g/mol. The fourth-order valence-electron chi connectivity index (χ4n) is 2.80. The normalized spacial score (nSPS) is 12.3. The van der Waals surface area contributed by atoms with Crippen molar-refractivity contribution in [1.29, 1.82) is 0 Å². The summed E-state index contributed by atoms with van der Waals surface area (Å²) >= 11 is 0. The van der Waals surface area contributed by atoms with E-state index in [4.69, 9.17) is 9.47 Å². The largest absolute Gasteiger partial charge is 0.507 e. The first kappa shape index (κ1) is 13.5. The third-order valence-corrected chi connectivity index (χ3v) is 3.89. The van der Waals surface area contributed by atoms with E-state index in [0.717, 1.165) is 35.3 Å². The van der Waals surface area contributed by atoms with Gasteiger partial charge in [-0.15, -0.1) is 0 Å². The smallest absolute Gasteiger partial charge is 0.341 e. The number of benzene rings is 2. The van der Waals surface area contributed by atoms with Gasteiger partial charge in [-0.05, 0) is 59.4 Å². The molecule has 0 atom stereocenters. The number of hydrogen-bond acceptors (Lipinski definition) is 4. The highest BCUT2D eigenvalue weighted by Crippen LogP contribution is 2.38. The van der Waals surface area contributed by atoms with Crippen LogP contribution in [-0.4, -0.2) is 25.3 Å². The second-order valence-corrected chi connectivity index (χ2v) is 5.04. The van der Waals surface area contributed by atoms with Crippen molar-refractivity contribution in [2.24, 2.45) is 0 Å². The van der Waals surface area contributed by atoms with Crippen molar-refractivity contribution in [2.45, 2.75) is 12.8 Å². The van der Waals surface area contributed by atoms with Gasteiger partial charge in [-0.25, -0.2) is 4.79 Å². The zero-order valence-electron chi connectivity index (χ0n) is 12.0. The summed E-state index contributed by atoms with van der Waals surface area (Å²) in [6.07, 6.45) is 1.71. The van der Waals surface area contributed by atoms with Gasteiger partial charge < -0.3 is 14.6 Å². The number of aryl methyl sites for hydroxylation is 2. The maximum Gasteiger partial charge on any atom is 0.341 e. The maximum atomic E-state index is 11.7. The van der Waals surface area contributed by atoms with Crippen LogP contribution in [0, 0.1) is 0 Å². The molecule has 1 aliphatic rings. The lowest BCUT2D eigenvalue weighted by Crippen LogP contribution is -2.08. The van der Waals surface area contributed by atoms with Gasteiger partial charge in [0.1, 0.15) is 17.1 Å². The Bertz CT molecular complexity index is 719. The summed E-state index contributed by atoms with van der Waals surface area (Å²) in [4.78, 5) is 11.7. The van der Waals surface area contributed by atoms with E-state index in [9.17, 15) is 9.90 Å². The molecule has 0 fully saturated rings. The SMILES string of the molecule is COC(=O)c1cc2c(cc1O)CCc1cc(OC)ccc1-2. The Morgan fingerprint density at radius 3 is 2.43 bits per heavy atom. The molecule has 1 N–H and O–H groups in total. The molecule has 0 saturated carbocycles. The lowest BCUT2D eigenvalue weighted by atomic mass is 9.84. The summed E-state index contributed by atoms with van der Waals surface area (Å²) in [6, 6.07) is 9.28. The number of phenolic OH excluding ortho intramolecular Hbond substituents is 1. The number of aromatic hydroxyl groups is 1. The Morgan fingerprint density at radius 2 is 1.76 bits per heavy atom. The summed E-state index contributed by atoms with van der Waals surface area (Å²) in [7, 11) is 2.95. The molecule has 0 spiro atoms. The van der Waals surface area contributed by atoms with E-state index in [1.165, 1.54) is 12.7 Å². The van der Waals surface area contributed by atoms with Gasteiger partial charge in [0.2, 0.25) is 0 Å².